The first-order chi connectivity index (χ1) is 8.61. The number of rotatable bonds is 5. The van der Waals surface area contributed by atoms with Gasteiger partial charge >= 0.3 is 0 Å². The van der Waals surface area contributed by atoms with E-state index in [0.29, 0.717) is 23.9 Å². The molecular weight excluding hydrogens is 228 g/mol. The van der Waals surface area contributed by atoms with Crippen molar-refractivity contribution in [3.63, 3.8) is 0 Å². The number of carbonyl (C=O) groups excluding carboxylic acids is 1. The fourth-order valence-electron chi connectivity index (χ4n) is 2.05. The lowest BCUT2D eigenvalue weighted by Gasteiger charge is -2.12. The third kappa shape index (κ3) is 2.94. The van der Waals surface area contributed by atoms with E-state index in [1.54, 1.807) is 7.11 Å². The molecule has 1 amide bonds. The van der Waals surface area contributed by atoms with Crippen molar-refractivity contribution in [2.75, 3.05) is 12.8 Å². The van der Waals surface area contributed by atoms with Crippen molar-refractivity contribution in [1.82, 2.24) is 5.32 Å². The zero-order valence-corrected chi connectivity index (χ0v) is 10.9. The second kappa shape index (κ2) is 5.29. The monoisotopic (exact) mass is 248 g/mol. The van der Waals surface area contributed by atoms with Crippen LogP contribution in [0, 0.1) is 11.8 Å². The van der Waals surface area contributed by atoms with E-state index < -0.39 is 0 Å². The van der Waals surface area contributed by atoms with Gasteiger partial charge in [0.15, 0.2) is 0 Å². The molecule has 1 aromatic carbocycles. The average Bonchev–Trinajstić information content (AvgIpc) is 3.19. The molecule has 1 saturated carbocycles. The molecule has 0 spiro atoms. The van der Waals surface area contributed by atoms with E-state index in [4.69, 9.17) is 10.5 Å². The maximum Gasteiger partial charge on any atom is 0.223 e. The Balaban J connectivity index is 1.89. The van der Waals surface area contributed by atoms with Crippen LogP contribution >= 0.6 is 0 Å². The van der Waals surface area contributed by atoms with Crippen LogP contribution in [0.3, 0.4) is 0 Å². The normalized spacial score (nSPS) is 16.1. The summed E-state index contributed by atoms with van der Waals surface area (Å²) in [5.41, 5.74) is 7.41. The number of nitrogens with two attached hydrogens (primary N) is 1. The molecule has 2 rings (SSSR count). The van der Waals surface area contributed by atoms with Gasteiger partial charge in [-0.1, -0.05) is 13.0 Å². The Kier molecular flexibility index (Phi) is 3.75. The first-order valence-corrected chi connectivity index (χ1v) is 6.32. The molecule has 0 radical (unpaired) electrons. The second-order valence-electron chi connectivity index (χ2n) is 4.92. The minimum absolute atomic E-state index is 0.126. The van der Waals surface area contributed by atoms with Gasteiger partial charge < -0.3 is 15.8 Å². The van der Waals surface area contributed by atoms with E-state index in [-0.39, 0.29) is 11.8 Å². The lowest BCUT2D eigenvalue weighted by atomic mass is 10.1. The van der Waals surface area contributed by atoms with Gasteiger partial charge in [0, 0.05) is 12.5 Å². The summed E-state index contributed by atoms with van der Waals surface area (Å²) in [6.07, 6.45) is 2.37. The van der Waals surface area contributed by atoms with Crippen molar-refractivity contribution >= 4 is 11.6 Å². The van der Waals surface area contributed by atoms with E-state index in [1.807, 2.05) is 25.1 Å². The van der Waals surface area contributed by atoms with E-state index in [1.165, 1.54) is 12.8 Å². The Labute approximate surface area is 108 Å². The van der Waals surface area contributed by atoms with Gasteiger partial charge in [-0.05, 0) is 36.5 Å². The zero-order chi connectivity index (χ0) is 13.1. The summed E-state index contributed by atoms with van der Waals surface area (Å²) >= 11 is 0. The van der Waals surface area contributed by atoms with Gasteiger partial charge in [-0.15, -0.1) is 0 Å². The number of hydrogen-bond acceptors (Lipinski definition) is 3. The molecule has 1 unspecified atom stereocenters. The summed E-state index contributed by atoms with van der Waals surface area (Å²) in [4.78, 5) is 11.8. The van der Waals surface area contributed by atoms with E-state index in [0.717, 1.165) is 5.56 Å². The molecule has 1 aliphatic carbocycles. The van der Waals surface area contributed by atoms with Crippen LogP contribution in [0.1, 0.15) is 25.3 Å². The quantitative estimate of drug-likeness (QED) is 0.783. The van der Waals surface area contributed by atoms with Gasteiger partial charge in [0.1, 0.15) is 5.75 Å². The number of anilines is 1. The van der Waals surface area contributed by atoms with Gasteiger partial charge in [-0.2, -0.15) is 0 Å². The van der Waals surface area contributed by atoms with E-state index in [2.05, 4.69) is 5.32 Å². The van der Waals surface area contributed by atoms with Crippen molar-refractivity contribution in [2.24, 2.45) is 11.8 Å². The molecule has 98 valence electrons. The number of hydrogen-bond donors (Lipinski definition) is 2. The summed E-state index contributed by atoms with van der Waals surface area (Å²) in [6.45, 7) is 2.51. The van der Waals surface area contributed by atoms with Crippen LogP contribution in [-0.2, 0) is 11.3 Å². The molecule has 4 nitrogen and oxygen atoms in total. The number of ether oxygens (including phenoxy) is 1. The van der Waals surface area contributed by atoms with Crippen molar-refractivity contribution in [3.05, 3.63) is 23.8 Å². The predicted octanol–water partition coefficient (Wildman–Crippen LogP) is 1.94. The number of methoxy groups -OCH3 is 1. The first kappa shape index (κ1) is 12.7. The molecular formula is C14H20N2O2. The van der Waals surface area contributed by atoms with Crippen molar-refractivity contribution in [2.45, 2.75) is 26.3 Å². The Morgan fingerprint density at radius 3 is 2.83 bits per heavy atom. The zero-order valence-electron chi connectivity index (χ0n) is 10.9. The van der Waals surface area contributed by atoms with Crippen molar-refractivity contribution < 1.29 is 9.53 Å². The van der Waals surface area contributed by atoms with Gasteiger partial charge in [0.05, 0.1) is 12.8 Å². The third-order valence-corrected chi connectivity index (χ3v) is 3.50. The van der Waals surface area contributed by atoms with Crippen LogP contribution in [0.2, 0.25) is 0 Å². The summed E-state index contributed by atoms with van der Waals surface area (Å²) in [6, 6.07) is 5.57. The molecule has 18 heavy (non-hydrogen) atoms. The van der Waals surface area contributed by atoms with Gasteiger partial charge in [0.25, 0.3) is 0 Å². The highest BCUT2D eigenvalue weighted by molar-refractivity contribution is 5.78. The molecule has 1 atom stereocenters. The molecule has 1 aromatic rings. The summed E-state index contributed by atoms with van der Waals surface area (Å²) < 4.78 is 5.09. The third-order valence-electron chi connectivity index (χ3n) is 3.50. The summed E-state index contributed by atoms with van der Waals surface area (Å²) in [5, 5.41) is 2.95. The Morgan fingerprint density at radius 2 is 2.28 bits per heavy atom. The highest BCUT2D eigenvalue weighted by atomic mass is 16.5. The van der Waals surface area contributed by atoms with E-state index in [9.17, 15) is 4.79 Å². The molecule has 1 aliphatic rings. The Bertz CT molecular complexity index is 441. The van der Waals surface area contributed by atoms with Crippen LogP contribution in [0.15, 0.2) is 18.2 Å². The van der Waals surface area contributed by atoms with Crippen molar-refractivity contribution in [1.29, 1.82) is 0 Å². The summed E-state index contributed by atoms with van der Waals surface area (Å²) in [5.74, 6) is 1.51. The topological polar surface area (TPSA) is 64.3 Å². The highest BCUT2D eigenvalue weighted by Gasteiger charge is 2.32. The predicted molar refractivity (Wildman–Crippen MR) is 71.1 cm³/mol. The number of nitrogens with one attached hydrogen (secondary N) is 1. The number of carbonyl (C=O) groups is 1. The number of nitrogen functional groups attached to an aromatic ring is 1. The van der Waals surface area contributed by atoms with Crippen molar-refractivity contribution in [3.8, 4) is 5.75 Å². The average molecular weight is 248 g/mol. The SMILES string of the molecule is COc1ccc(CNC(=O)C(C)C2CC2)cc1N. The Hall–Kier alpha value is -1.71. The maximum atomic E-state index is 11.8. The fourth-order valence-corrected chi connectivity index (χ4v) is 2.05. The van der Waals surface area contributed by atoms with Crippen LogP contribution < -0.4 is 15.8 Å². The molecule has 0 heterocycles. The lowest BCUT2D eigenvalue weighted by Crippen LogP contribution is -2.29. The second-order valence-corrected chi connectivity index (χ2v) is 4.92. The van der Waals surface area contributed by atoms with Crippen LogP contribution in [0.5, 0.6) is 5.75 Å². The number of amides is 1. The molecule has 4 heteroatoms. The summed E-state index contributed by atoms with van der Waals surface area (Å²) in [7, 11) is 1.59. The van der Waals surface area contributed by atoms with Crippen LogP contribution in [-0.4, -0.2) is 13.0 Å². The van der Waals surface area contributed by atoms with Crippen LogP contribution in [0.4, 0.5) is 5.69 Å². The smallest absolute Gasteiger partial charge is 0.223 e. The highest BCUT2D eigenvalue weighted by Crippen LogP contribution is 2.36. The largest absolute Gasteiger partial charge is 0.495 e. The minimum atomic E-state index is 0.126. The Morgan fingerprint density at radius 1 is 1.56 bits per heavy atom. The number of benzene rings is 1. The molecule has 3 N–H and O–H groups in total. The molecule has 0 saturated heterocycles. The maximum absolute atomic E-state index is 11.8. The van der Waals surface area contributed by atoms with E-state index >= 15 is 0 Å². The van der Waals surface area contributed by atoms with Gasteiger partial charge in [-0.25, -0.2) is 0 Å². The lowest BCUT2D eigenvalue weighted by molar-refractivity contribution is -0.125. The molecule has 0 aromatic heterocycles. The van der Waals surface area contributed by atoms with Crippen LogP contribution in [0.25, 0.3) is 0 Å². The first-order valence-electron chi connectivity index (χ1n) is 6.32. The molecule has 0 aliphatic heterocycles. The standard InChI is InChI=1S/C14H20N2O2/c1-9(11-4-5-11)14(17)16-8-10-3-6-13(18-2)12(15)7-10/h3,6-7,9,11H,4-5,8,15H2,1-2H3,(H,16,17). The minimum Gasteiger partial charge on any atom is -0.495 e. The van der Waals surface area contributed by atoms with Gasteiger partial charge in [-0.3, -0.25) is 4.79 Å². The van der Waals surface area contributed by atoms with Gasteiger partial charge in [0.2, 0.25) is 5.91 Å². The molecule has 1 fully saturated rings. The molecule has 0 bridgehead atoms. The fraction of sp³-hybridized carbons (Fsp3) is 0.500.